The Bertz CT molecular complexity index is 1220. The Morgan fingerprint density at radius 1 is 1.25 bits per heavy atom. The predicted octanol–water partition coefficient (Wildman–Crippen LogP) is 5.41. The number of hydrazone groups is 1. The molecule has 2 aromatic rings. The van der Waals surface area contributed by atoms with E-state index >= 15 is 0 Å². The number of hydrogen-bond acceptors (Lipinski definition) is 5. The standard InChI is InChI=1S/C21H14ClF3N4O2S/c1-11-4-2-3-5-13(11)10-31-16-7-6-12(9-15(16)22)8-14-17(26)29-20(27-18(14)30)32-19(28-29)21(23,24)25/h2-9,26H,10H2,1H3/b14-8-,26-17?. The van der Waals surface area contributed by atoms with Crippen LogP contribution in [0.1, 0.15) is 16.7 Å². The summed E-state index contributed by atoms with van der Waals surface area (Å²) in [6.45, 7) is 2.29. The van der Waals surface area contributed by atoms with E-state index < -0.39 is 23.0 Å². The molecule has 6 nitrogen and oxygen atoms in total. The van der Waals surface area contributed by atoms with Gasteiger partial charge in [-0.25, -0.2) is 0 Å². The Labute approximate surface area is 189 Å². The molecule has 0 saturated heterocycles. The summed E-state index contributed by atoms with van der Waals surface area (Å²) in [5, 5.41) is 11.0. The number of amidine groups is 2. The number of aliphatic imine (C=N–C) groups is 1. The topological polar surface area (TPSA) is 78.1 Å². The number of rotatable bonds is 4. The Morgan fingerprint density at radius 2 is 2.00 bits per heavy atom. The molecule has 2 aromatic carbocycles. The maximum Gasteiger partial charge on any atom is 0.441 e. The van der Waals surface area contributed by atoms with Crippen LogP contribution in [0.3, 0.4) is 0 Å². The number of hydrogen-bond donors (Lipinski definition) is 1. The minimum atomic E-state index is -4.70. The highest BCUT2D eigenvalue weighted by atomic mass is 35.5. The van der Waals surface area contributed by atoms with Gasteiger partial charge in [0, 0.05) is 0 Å². The van der Waals surface area contributed by atoms with E-state index in [1.165, 1.54) is 12.1 Å². The van der Waals surface area contributed by atoms with E-state index in [4.69, 9.17) is 21.7 Å². The molecule has 2 aliphatic heterocycles. The molecule has 0 unspecified atom stereocenters. The molecule has 32 heavy (non-hydrogen) atoms. The molecular weight excluding hydrogens is 465 g/mol. The zero-order chi connectivity index (χ0) is 23.0. The van der Waals surface area contributed by atoms with Gasteiger partial charge in [-0.15, -0.1) is 0 Å². The minimum Gasteiger partial charge on any atom is -0.487 e. The highest BCUT2D eigenvalue weighted by Crippen LogP contribution is 2.35. The van der Waals surface area contributed by atoms with Crippen molar-refractivity contribution in [3.63, 3.8) is 0 Å². The number of aryl methyl sites for hydroxylation is 1. The Hall–Kier alpha value is -3.11. The molecule has 11 heteroatoms. The van der Waals surface area contributed by atoms with Gasteiger partial charge in [0.2, 0.25) is 10.2 Å². The number of ether oxygens (including phenoxy) is 1. The van der Waals surface area contributed by atoms with Crippen LogP contribution in [0.2, 0.25) is 5.02 Å². The molecule has 0 spiro atoms. The Morgan fingerprint density at radius 3 is 2.69 bits per heavy atom. The maximum absolute atomic E-state index is 12.9. The molecule has 164 valence electrons. The van der Waals surface area contributed by atoms with Crippen molar-refractivity contribution in [2.24, 2.45) is 10.1 Å². The van der Waals surface area contributed by atoms with Gasteiger partial charge < -0.3 is 4.74 Å². The van der Waals surface area contributed by atoms with Crippen molar-refractivity contribution in [2.45, 2.75) is 19.7 Å². The minimum absolute atomic E-state index is 0.201. The first-order chi connectivity index (χ1) is 15.1. The van der Waals surface area contributed by atoms with Gasteiger partial charge in [0.25, 0.3) is 5.91 Å². The quantitative estimate of drug-likeness (QED) is 0.596. The van der Waals surface area contributed by atoms with E-state index in [2.05, 4.69) is 10.1 Å². The van der Waals surface area contributed by atoms with Gasteiger partial charge in [0.05, 0.1) is 10.6 Å². The highest BCUT2D eigenvalue weighted by molar-refractivity contribution is 8.27. The van der Waals surface area contributed by atoms with Crippen LogP contribution in [0.15, 0.2) is 58.1 Å². The lowest BCUT2D eigenvalue weighted by Gasteiger charge is -2.20. The average Bonchev–Trinajstić information content (AvgIpc) is 3.16. The van der Waals surface area contributed by atoms with Crippen LogP contribution in [0.5, 0.6) is 5.75 Å². The fourth-order valence-electron chi connectivity index (χ4n) is 2.92. The van der Waals surface area contributed by atoms with Crippen LogP contribution in [0.4, 0.5) is 13.2 Å². The Kier molecular flexibility index (Phi) is 5.83. The molecular formula is C21H14ClF3N4O2S. The number of halogens is 4. The summed E-state index contributed by atoms with van der Waals surface area (Å²) in [4.78, 5) is 16.0. The predicted molar refractivity (Wildman–Crippen MR) is 118 cm³/mol. The first-order valence-electron chi connectivity index (χ1n) is 9.18. The van der Waals surface area contributed by atoms with Crippen LogP contribution < -0.4 is 4.74 Å². The van der Waals surface area contributed by atoms with Crippen molar-refractivity contribution in [1.29, 1.82) is 5.41 Å². The number of nitrogens with zero attached hydrogens (tertiary/aromatic N) is 3. The number of fused-ring (bicyclic) bond motifs is 1. The fourth-order valence-corrected chi connectivity index (χ4v) is 3.93. The average molecular weight is 479 g/mol. The molecule has 0 radical (unpaired) electrons. The van der Waals surface area contributed by atoms with Gasteiger partial charge in [0.1, 0.15) is 12.4 Å². The van der Waals surface area contributed by atoms with Crippen molar-refractivity contribution >= 4 is 51.4 Å². The largest absolute Gasteiger partial charge is 0.487 e. The van der Waals surface area contributed by atoms with E-state index in [1.807, 2.05) is 31.2 Å². The summed E-state index contributed by atoms with van der Waals surface area (Å²) in [7, 11) is 0. The third-order valence-corrected chi connectivity index (χ3v) is 5.86. The number of nitrogens with one attached hydrogen (secondary N) is 1. The number of carbonyl (C=O) groups excluding carboxylic acids is 1. The van der Waals surface area contributed by atoms with E-state index in [0.29, 0.717) is 22.9 Å². The zero-order valence-electron chi connectivity index (χ0n) is 16.4. The summed E-state index contributed by atoms with van der Waals surface area (Å²) >= 11 is 6.50. The molecule has 1 N–H and O–H groups in total. The molecule has 1 amide bonds. The third kappa shape index (κ3) is 4.42. The number of amides is 1. The van der Waals surface area contributed by atoms with Crippen molar-refractivity contribution in [1.82, 2.24) is 5.01 Å². The normalized spacial score (nSPS) is 17.4. The molecule has 0 saturated carbocycles. The van der Waals surface area contributed by atoms with Crippen molar-refractivity contribution in [3.8, 4) is 5.75 Å². The maximum atomic E-state index is 12.9. The fraction of sp³-hybridized carbons (Fsp3) is 0.143. The monoisotopic (exact) mass is 478 g/mol. The lowest BCUT2D eigenvalue weighted by molar-refractivity contribution is -0.114. The van der Waals surface area contributed by atoms with Gasteiger partial charge in [-0.3, -0.25) is 10.2 Å². The molecule has 0 bridgehead atoms. The van der Waals surface area contributed by atoms with Crippen molar-refractivity contribution in [2.75, 3.05) is 0 Å². The smallest absolute Gasteiger partial charge is 0.441 e. The third-order valence-electron chi connectivity index (χ3n) is 4.61. The van der Waals surface area contributed by atoms with Gasteiger partial charge in [-0.05, 0) is 53.6 Å². The molecule has 0 aromatic heterocycles. The van der Waals surface area contributed by atoms with Crippen LogP contribution in [0.25, 0.3) is 6.08 Å². The summed E-state index contributed by atoms with van der Waals surface area (Å²) in [5.41, 5.74) is 2.34. The zero-order valence-corrected chi connectivity index (χ0v) is 18.0. The summed E-state index contributed by atoms with van der Waals surface area (Å²) in [5.74, 6) is -0.899. The van der Waals surface area contributed by atoms with Gasteiger partial charge >= 0.3 is 6.18 Å². The summed E-state index contributed by atoms with van der Waals surface area (Å²) < 4.78 is 44.5. The van der Waals surface area contributed by atoms with Gasteiger partial charge in [0.15, 0.2) is 5.84 Å². The van der Waals surface area contributed by atoms with Gasteiger partial charge in [-0.2, -0.15) is 28.3 Å². The Balaban J connectivity index is 1.55. The highest BCUT2D eigenvalue weighted by Gasteiger charge is 2.46. The first kappa shape index (κ1) is 22.1. The number of carbonyl (C=O) groups is 1. The van der Waals surface area contributed by atoms with E-state index in [-0.39, 0.29) is 27.5 Å². The molecule has 0 atom stereocenters. The molecule has 0 aliphatic carbocycles. The lowest BCUT2D eigenvalue weighted by Crippen LogP contribution is -2.35. The van der Waals surface area contributed by atoms with Crippen LogP contribution >= 0.6 is 23.4 Å². The second kappa shape index (κ2) is 8.44. The second-order valence-electron chi connectivity index (χ2n) is 6.83. The number of benzene rings is 2. The molecule has 2 heterocycles. The van der Waals surface area contributed by atoms with E-state index in [0.717, 1.165) is 11.1 Å². The van der Waals surface area contributed by atoms with Crippen molar-refractivity contribution in [3.05, 3.63) is 69.8 Å². The van der Waals surface area contributed by atoms with Crippen molar-refractivity contribution < 1.29 is 22.7 Å². The first-order valence-corrected chi connectivity index (χ1v) is 10.4. The van der Waals surface area contributed by atoms with Crippen LogP contribution in [-0.2, 0) is 11.4 Å². The van der Waals surface area contributed by atoms with Crippen LogP contribution in [0, 0.1) is 12.3 Å². The van der Waals surface area contributed by atoms with E-state index in [9.17, 15) is 18.0 Å². The van der Waals surface area contributed by atoms with Gasteiger partial charge in [-0.1, -0.05) is 41.9 Å². The number of alkyl halides is 3. The molecule has 2 aliphatic rings. The summed E-state index contributed by atoms with van der Waals surface area (Å²) in [6, 6.07) is 12.5. The summed E-state index contributed by atoms with van der Waals surface area (Å²) in [6.07, 6.45) is -3.37. The number of thioether (sulfide) groups is 1. The second-order valence-corrected chi connectivity index (χ2v) is 8.19. The van der Waals surface area contributed by atoms with Crippen LogP contribution in [-0.4, -0.2) is 33.1 Å². The molecule has 4 rings (SSSR count). The lowest BCUT2D eigenvalue weighted by atomic mass is 10.1. The molecule has 0 fully saturated rings. The van der Waals surface area contributed by atoms with E-state index in [1.54, 1.807) is 12.1 Å². The SMILES string of the molecule is Cc1ccccc1COc1ccc(/C=C2/C(=N)N3N=C(C(F)(F)F)SC3=NC2=O)cc1Cl.